The molecule has 3 rings (SSSR count). The Morgan fingerprint density at radius 3 is 2.90 bits per heavy atom. The summed E-state index contributed by atoms with van der Waals surface area (Å²) in [5, 5.41) is 13.0. The van der Waals surface area contributed by atoms with Crippen molar-refractivity contribution >= 4 is 5.91 Å². The summed E-state index contributed by atoms with van der Waals surface area (Å²) in [6.45, 7) is 1.97. The van der Waals surface area contributed by atoms with Crippen LogP contribution in [0.15, 0.2) is 40.8 Å². The van der Waals surface area contributed by atoms with Crippen molar-refractivity contribution in [3.05, 3.63) is 59.0 Å². The fourth-order valence-corrected chi connectivity index (χ4v) is 2.65. The number of benzene rings is 1. The lowest BCUT2D eigenvalue weighted by Gasteiger charge is -2.17. The molecule has 20 heavy (non-hydrogen) atoms. The molecule has 4 heteroatoms. The lowest BCUT2D eigenvalue weighted by Crippen LogP contribution is -2.33. The first-order valence-electron chi connectivity index (χ1n) is 6.84. The molecule has 0 saturated carbocycles. The fourth-order valence-electron chi connectivity index (χ4n) is 2.65. The highest BCUT2D eigenvalue weighted by atomic mass is 16.3. The second kappa shape index (κ2) is 5.13. The molecular formula is C16H17NO3. The molecule has 0 aliphatic heterocycles. The van der Waals surface area contributed by atoms with Crippen molar-refractivity contribution in [3.63, 3.8) is 0 Å². The first-order chi connectivity index (χ1) is 9.69. The molecule has 4 nitrogen and oxygen atoms in total. The van der Waals surface area contributed by atoms with Crippen LogP contribution in [0, 0.1) is 0 Å². The fraction of sp³-hybridized carbons (Fsp3) is 0.312. The summed E-state index contributed by atoms with van der Waals surface area (Å²) in [6.07, 6.45) is 0.735. The summed E-state index contributed by atoms with van der Waals surface area (Å²) >= 11 is 0. The summed E-state index contributed by atoms with van der Waals surface area (Å²) in [5.41, 5.74) is 2.06. The van der Waals surface area contributed by atoms with Gasteiger partial charge in [-0.25, -0.2) is 0 Å². The Balaban J connectivity index is 1.79. The Morgan fingerprint density at radius 2 is 2.15 bits per heavy atom. The van der Waals surface area contributed by atoms with Crippen LogP contribution in [0.1, 0.15) is 40.4 Å². The minimum atomic E-state index is -0.586. The number of aryl methyl sites for hydroxylation is 1. The number of furan rings is 1. The normalized spacial score (nSPS) is 20.7. The van der Waals surface area contributed by atoms with E-state index in [0.29, 0.717) is 12.2 Å². The van der Waals surface area contributed by atoms with Gasteiger partial charge in [-0.05, 0) is 23.3 Å². The van der Waals surface area contributed by atoms with Crippen molar-refractivity contribution in [1.29, 1.82) is 0 Å². The third kappa shape index (κ3) is 2.23. The van der Waals surface area contributed by atoms with Gasteiger partial charge in [0.05, 0.1) is 12.1 Å². The van der Waals surface area contributed by atoms with Gasteiger partial charge in [-0.15, -0.1) is 0 Å². The highest BCUT2D eigenvalue weighted by Crippen LogP contribution is 2.31. The maximum Gasteiger partial charge on any atom is 0.287 e. The molecule has 1 aliphatic carbocycles. The molecule has 2 aromatic rings. The zero-order chi connectivity index (χ0) is 14.1. The zero-order valence-electron chi connectivity index (χ0n) is 11.3. The number of aliphatic hydroxyl groups excluding tert-OH is 1. The first kappa shape index (κ1) is 12.9. The molecule has 0 spiro atoms. The van der Waals surface area contributed by atoms with E-state index in [-0.39, 0.29) is 11.9 Å². The second-order valence-corrected chi connectivity index (χ2v) is 5.04. The van der Waals surface area contributed by atoms with E-state index in [1.807, 2.05) is 31.2 Å². The van der Waals surface area contributed by atoms with Gasteiger partial charge in [-0.1, -0.05) is 31.2 Å². The molecule has 1 amide bonds. The maximum absolute atomic E-state index is 12.2. The lowest BCUT2D eigenvalue weighted by molar-refractivity contribution is 0.0830. The molecule has 1 aliphatic rings. The molecule has 0 unspecified atom stereocenters. The van der Waals surface area contributed by atoms with Gasteiger partial charge in [-0.2, -0.15) is 0 Å². The average Bonchev–Trinajstić information content (AvgIpc) is 3.04. The molecule has 0 radical (unpaired) electrons. The average molecular weight is 271 g/mol. The molecule has 2 atom stereocenters. The lowest BCUT2D eigenvalue weighted by atomic mass is 10.1. The quantitative estimate of drug-likeness (QED) is 0.900. The third-order valence-electron chi connectivity index (χ3n) is 3.72. The number of fused-ring (bicyclic) bond motifs is 1. The maximum atomic E-state index is 12.2. The summed E-state index contributed by atoms with van der Waals surface area (Å²) in [5.74, 6) is 0.784. The summed E-state index contributed by atoms with van der Waals surface area (Å²) in [7, 11) is 0. The van der Waals surface area contributed by atoms with E-state index in [1.54, 1.807) is 12.1 Å². The highest BCUT2D eigenvalue weighted by Gasteiger charge is 2.32. The Hall–Kier alpha value is -2.07. The van der Waals surface area contributed by atoms with E-state index < -0.39 is 6.10 Å². The largest absolute Gasteiger partial charge is 0.456 e. The molecule has 1 aromatic carbocycles. The highest BCUT2D eigenvalue weighted by molar-refractivity contribution is 5.91. The smallest absolute Gasteiger partial charge is 0.287 e. The Labute approximate surface area is 117 Å². The molecule has 1 heterocycles. The SMILES string of the molecule is CCc1ccc(C(=O)N[C@H]2c3ccccc3C[C@H]2O)o1. The van der Waals surface area contributed by atoms with Crippen molar-refractivity contribution in [2.24, 2.45) is 0 Å². The number of carbonyl (C=O) groups excluding carboxylic acids is 1. The van der Waals surface area contributed by atoms with Crippen LogP contribution in [-0.4, -0.2) is 17.1 Å². The van der Waals surface area contributed by atoms with Crippen molar-refractivity contribution in [1.82, 2.24) is 5.32 Å². The minimum Gasteiger partial charge on any atom is -0.456 e. The number of hydrogen-bond acceptors (Lipinski definition) is 3. The number of nitrogens with one attached hydrogen (secondary N) is 1. The van der Waals surface area contributed by atoms with E-state index in [0.717, 1.165) is 23.3 Å². The van der Waals surface area contributed by atoms with Crippen LogP contribution in [-0.2, 0) is 12.8 Å². The number of hydrogen-bond donors (Lipinski definition) is 2. The standard InChI is InChI=1S/C16H17NO3/c1-2-11-7-8-14(20-11)16(19)17-15-12-6-4-3-5-10(12)9-13(15)18/h3-8,13,15,18H,2,9H2,1H3,(H,17,19)/t13-,15+/m1/s1. The van der Waals surface area contributed by atoms with Gasteiger partial charge >= 0.3 is 0 Å². The van der Waals surface area contributed by atoms with E-state index in [2.05, 4.69) is 5.32 Å². The van der Waals surface area contributed by atoms with E-state index in [4.69, 9.17) is 4.42 Å². The first-order valence-corrected chi connectivity index (χ1v) is 6.84. The van der Waals surface area contributed by atoms with Gasteiger partial charge in [0.25, 0.3) is 5.91 Å². The zero-order valence-corrected chi connectivity index (χ0v) is 11.3. The van der Waals surface area contributed by atoms with Crippen LogP contribution in [0.2, 0.25) is 0 Å². The molecular weight excluding hydrogens is 254 g/mol. The van der Waals surface area contributed by atoms with Crippen LogP contribution in [0.3, 0.4) is 0 Å². The number of aliphatic hydroxyl groups is 1. The summed E-state index contributed by atoms with van der Waals surface area (Å²) < 4.78 is 5.43. The molecule has 1 aromatic heterocycles. The van der Waals surface area contributed by atoms with Crippen molar-refractivity contribution < 1.29 is 14.3 Å². The molecule has 0 saturated heterocycles. The van der Waals surface area contributed by atoms with Gasteiger partial charge in [0.1, 0.15) is 5.76 Å². The number of rotatable bonds is 3. The van der Waals surface area contributed by atoms with Crippen molar-refractivity contribution in [2.75, 3.05) is 0 Å². The Kier molecular flexibility index (Phi) is 3.32. The Bertz CT molecular complexity index is 632. The van der Waals surface area contributed by atoms with Crippen LogP contribution in [0.25, 0.3) is 0 Å². The molecule has 0 fully saturated rings. The van der Waals surface area contributed by atoms with Crippen LogP contribution < -0.4 is 5.32 Å². The van der Waals surface area contributed by atoms with Gasteiger partial charge in [0.2, 0.25) is 0 Å². The van der Waals surface area contributed by atoms with Crippen molar-refractivity contribution in [2.45, 2.75) is 31.9 Å². The van der Waals surface area contributed by atoms with Gasteiger partial charge in [-0.3, -0.25) is 4.79 Å². The number of amides is 1. The molecule has 0 bridgehead atoms. The van der Waals surface area contributed by atoms with Crippen LogP contribution in [0.4, 0.5) is 0 Å². The predicted molar refractivity (Wildman–Crippen MR) is 74.4 cm³/mol. The van der Waals surface area contributed by atoms with E-state index in [1.165, 1.54) is 0 Å². The van der Waals surface area contributed by atoms with Gasteiger partial charge in [0.15, 0.2) is 5.76 Å². The predicted octanol–water partition coefficient (Wildman–Crippen LogP) is 2.23. The van der Waals surface area contributed by atoms with Crippen LogP contribution >= 0.6 is 0 Å². The monoisotopic (exact) mass is 271 g/mol. The Morgan fingerprint density at radius 1 is 1.35 bits per heavy atom. The molecule has 104 valence electrons. The second-order valence-electron chi connectivity index (χ2n) is 5.04. The van der Waals surface area contributed by atoms with E-state index in [9.17, 15) is 9.90 Å². The van der Waals surface area contributed by atoms with Crippen molar-refractivity contribution in [3.8, 4) is 0 Å². The van der Waals surface area contributed by atoms with Gasteiger partial charge in [0, 0.05) is 12.8 Å². The van der Waals surface area contributed by atoms with Crippen LogP contribution in [0.5, 0.6) is 0 Å². The number of carbonyl (C=O) groups is 1. The van der Waals surface area contributed by atoms with E-state index >= 15 is 0 Å². The minimum absolute atomic E-state index is 0.287. The topological polar surface area (TPSA) is 62.5 Å². The molecule has 2 N–H and O–H groups in total. The summed E-state index contributed by atoms with van der Waals surface area (Å²) in [4.78, 5) is 12.2. The van der Waals surface area contributed by atoms with Gasteiger partial charge < -0.3 is 14.8 Å². The third-order valence-corrected chi connectivity index (χ3v) is 3.72. The summed E-state index contributed by atoms with van der Waals surface area (Å²) in [6, 6.07) is 10.9.